The number of ether oxygens (including phenoxy) is 1. The Kier molecular flexibility index (Phi) is 5.21. The first-order chi connectivity index (χ1) is 13.2. The molecule has 2 N–H and O–H groups in total. The summed E-state index contributed by atoms with van der Waals surface area (Å²) < 4.78 is 5.56. The van der Waals surface area contributed by atoms with E-state index in [-0.39, 0.29) is 6.03 Å². The number of carbonyl (C=O) groups is 1. The van der Waals surface area contributed by atoms with Gasteiger partial charge in [0.2, 0.25) is 0 Å². The Labute approximate surface area is 161 Å². The van der Waals surface area contributed by atoms with Crippen molar-refractivity contribution in [3.8, 4) is 5.75 Å². The maximum atomic E-state index is 12.7. The zero-order valence-electron chi connectivity index (χ0n) is 16.1. The molecule has 0 aromatic heterocycles. The van der Waals surface area contributed by atoms with Crippen LogP contribution in [0.5, 0.6) is 5.75 Å². The first-order valence-corrected chi connectivity index (χ1v) is 9.99. The van der Waals surface area contributed by atoms with E-state index in [1.807, 2.05) is 23.1 Å². The molecular weight excluding hydrogens is 338 g/mol. The number of hydrogen-bond donors (Lipinski definition) is 2. The van der Waals surface area contributed by atoms with Crippen molar-refractivity contribution < 1.29 is 9.53 Å². The van der Waals surface area contributed by atoms with Crippen LogP contribution in [-0.2, 0) is 6.42 Å². The first-order valence-electron chi connectivity index (χ1n) is 9.99. The minimum absolute atomic E-state index is 0.0696. The van der Waals surface area contributed by atoms with Crippen LogP contribution >= 0.6 is 0 Å². The Morgan fingerprint density at radius 3 is 2.96 bits per heavy atom. The van der Waals surface area contributed by atoms with E-state index in [1.54, 1.807) is 7.11 Å². The second-order valence-electron chi connectivity index (χ2n) is 7.90. The van der Waals surface area contributed by atoms with Crippen molar-refractivity contribution in [2.24, 2.45) is 5.41 Å². The Hall–Kier alpha value is -2.27. The molecule has 144 valence electrons. The molecule has 0 saturated carbocycles. The van der Waals surface area contributed by atoms with E-state index in [0.717, 1.165) is 50.3 Å². The van der Waals surface area contributed by atoms with Crippen LogP contribution in [0.15, 0.2) is 36.4 Å². The third-order valence-electron chi connectivity index (χ3n) is 6.15. The van der Waals surface area contributed by atoms with Gasteiger partial charge in [0, 0.05) is 37.2 Å². The fraction of sp³-hybridized carbons (Fsp3) is 0.500. The smallest absolute Gasteiger partial charge is 0.317 e. The van der Waals surface area contributed by atoms with Crippen molar-refractivity contribution in [1.82, 2.24) is 15.5 Å². The lowest BCUT2D eigenvalue weighted by Gasteiger charge is -2.39. The number of benzene rings is 2. The van der Waals surface area contributed by atoms with Crippen LogP contribution in [0.25, 0.3) is 10.8 Å². The molecule has 2 aromatic rings. The molecule has 4 rings (SSSR count). The van der Waals surface area contributed by atoms with E-state index >= 15 is 0 Å². The lowest BCUT2D eigenvalue weighted by molar-refractivity contribution is 0.118. The summed E-state index contributed by atoms with van der Waals surface area (Å²) in [6.45, 7) is 4.49. The second-order valence-corrected chi connectivity index (χ2v) is 7.90. The Balaban J connectivity index is 1.40. The van der Waals surface area contributed by atoms with Gasteiger partial charge in [-0.15, -0.1) is 0 Å². The molecule has 2 amide bonds. The molecule has 0 aliphatic carbocycles. The van der Waals surface area contributed by atoms with Crippen LogP contribution in [0.4, 0.5) is 4.79 Å². The molecule has 2 saturated heterocycles. The maximum absolute atomic E-state index is 12.7. The van der Waals surface area contributed by atoms with Crippen LogP contribution in [0, 0.1) is 5.41 Å². The number of amides is 2. The molecule has 1 unspecified atom stereocenters. The molecule has 0 bridgehead atoms. The van der Waals surface area contributed by atoms with Crippen LogP contribution in [0.1, 0.15) is 24.8 Å². The highest BCUT2D eigenvalue weighted by Gasteiger charge is 2.39. The fourth-order valence-electron chi connectivity index (χ4n) is 4.70. The van der Waals surface area contributed by atoms with Gasteiger partial charge in [-0.1, -0.05) is 30.3 Å². The van der Waals surface area contributed by atoms with Crippen molar-refractivity contribution in [3.63, 3.8) is 0 Å². The number of fused-ring (bicyclic) bond motifs is 1. The van der Waals surface area contributed by atoms with Gasteiger partial charge in [-0.25, -0.2) is 4.79 Å². The molecule has 2 aromatic carbocycles. The zero-order chi connectivity index (χ0) is 18.7. The van der Waals surface area contributed by atoms with Crippen molar-refractivity contribution >= 4 is 16.8 Å². The normalized spacial score (nSPS) is 22.3. The van der Waals surface area contributed by atoms with Gasteiger partial charge in [0.25, 0.3) is 0 Å². The Bertz CT molecular complexity index is 814. The summed E-state index contributed by atoms with van der Waals surface area (Å²) in [6.07, 6.45) is 4.28. The third-order valence-corrected chi connectivity index (χ3v) is 6.15. The summed E-state index contributed by atoms with van der Waals surface area (Å²) in [5.74, 6) is 0.886. The minimum Gasteiger partial charge on any atom is -0.496 e. The molecule has 2 fully saturated rings. The predicted molar refractivity (Wildman–Crippen MR) is 108 cm³/mol. The number of urea groups is 1. The van der Waals surface area contributed by atoms with E-state index in [4.69, 9.17) is 4.74 Å². The summed E-state index contributed by atoms with van der Waals surface area (Å²) in [4.78, 5) is 14.7. The average Bonchev–Trinajstić information content (AvgIpc) is 3.15. The van der Waals surface area contributed by atoms with Gasteiger partial charge in [0.1, 0.15) is 5.75 Å². The monoisotopic (exact) mass is 367 g/mol. The average molecular weight is 367 g/mol. The predicted octanol–water partition coefficient (Wildman–Crippen LogP) is 3.18. The number of methoxy groups -OCH3 is 1. The summed E-state index contributed by atoms with van der Waals surface area (Å²) in [5, 5.41) is 8.99. The van der Waals surface area contributed by atoms with Gasteiger partial charge >= 0.3 is 6.03 Å². The molecule has 1 atom stereocenters. The first kappa shape index (κ1) is 18.1. The number of carbonyl (C=O) groups excluding carboxylic acids is 1. The van der Waals surface area contributed by atoms with Gasteiger partial charge < -0.3 is 20.3 Å². The maximum Gasteiger partial charge on any atom is 0.317 e. The van der Waals surface area contributed by atoms with Crippen LogP contribution in [0.3, 0.4) is 0 Å². The van der Waals surface area contributed by atoms with Gasteiger partial charge in [0.15, 0.2) is 0 Å². The third kappa shape index (κ3) is 3.74. The molecule has 0 radical (unpaired) electrons. The van der Waals surface area contributed by atoms with Gasteiger partial charge in [0.05, 0.1) is 7.11 Å². The molecule has 27 heavy (non-hydrogen) atoms. The molecular formula is C22H29N3O2. The molecule has 2 heterocycles. The number of rotatable bonds is 4. The van der Waals surface area contributed by atoms with Crippen molar-refractivity contribution in [2.75, 3.05) is 39.8 Å². The van der Waals surface area contributed by atoms with E-state index in [0.29, 0.717) is 12.0 Å². The minimum atomic E-state index is 0.0696. The van der Waals surface area contributed by atoms with E-state index in [1.165, 1.54) is 23.6 Å². The van der Waals surface area contributed by atoms with Gasteiger partial charge in [-0.2, -0.15) is 0 Å². The van der Waals surface area contributed by atoms with Crippen molar-refractivity contribution in [3.05, 3.63) is 42.0 Å². The summed E-state index contributed by atoms with van der Waals surface area (Å²) >= 11 is 0. The molecule has 1 spiro atoms. The zero-order valence-corrected chi connectivity index (χ0v) is 16.1. The molecule has 5 heteroatoms. The van der Waals surface area contributed by atoms with Crippen LogP contribution < -0.4 is 15.4 Å². The van der Waals surface area contributed by atoms with Crippen LogP contribution in [0.2, 0.25) is 0 Å². The second kappa shape index (κ2) is 7.77. The largest absolute Gasteiger partial charge is 0.496 e. The molecule has 2 aliphatic heterocycles. The molecule has 5 nitrogen and oxygen atoms in total. The lowest BCUT2D eigenvalue weighted by atomic mass is 9.79. The fourth-order valence-corrected chi connectivity index (χ4v) is 4.70. The van der Waals surface area contributed by atoms with E-state index in [2.05, 4.69) is 28.8 Å². The van der Waals surface area contributed by atoms with E-state index in [9.17, 15) is 4.79 Å². The number of piperidine rings is 1. The van der Waals surface area contributed by atoms with Gasteiger partial charge in [-0.3, -0.25) is 0 Å². The summed E-state index contributed by atoms with van der Waals surface area (Å²) in [5.41, 5.74) is 1.46. The highest BCUT2D eigenvalue weighted by atomic mass is 16.5. The SMILES string of the molecule is COc1ccc2ccccc2c1CCNC(=O)N1CCCC2(CCNC2)C1. The number of likely N-dealkylation sites (tertiary alicyclic amines) is 1. The highest BCUT2D eigenvalue weighted by Crippen LogP contribution is 2.35. The summed E-state index contributed by atoms with van der Waals surface area (Å²) in [7, 11) is 1.70. The number of nitrogens with one attached hydrogen (secondary N) is 2. The van der Waals surface area contributed by atoms with E-state index < -0.39 is 0 Å². The quantitative estimate of drug-likeness (QED) is 0.873. The Morgan fingerprint density at radius 1 is 1.26 bits per heavy atom. The van der Waals surface area contributed by atoms with Gasteiger partial charge in [-0.05, 0) is 49.1 Å². The standard InChI is InChI=1S/C22H29N3O2/c1-27-20-8-7-17-5-2-3-6-18(17)19(20)9-12-24-21(26)25-14-4-10-22(16-25)11-13-23-15-22/h2-3,5-8,23H,4,9-16H2,1H3,(H,24,26). The molecule has 2 aliphatic rings. The summed E-state index contributed by atoms with van der Waals surface area (Å²) in [6, 6.07) is 12.5. The number of nitrogens with zero attached hydrogens (tertiary/aromatic N) is 1. The number of hydrogen-bond acceptors (Lipinski definition) is 3. The van der Waals surface area contributed by atoms with Crippen molar-refractivity contribution in [1.29, 1.82) is 0 Å². The van der Waals surface area contributed by atoms with Crippen LogP contribution in [-0.4, -0.2) is 50.8 Å². The topological polar surface area (TPSA) is 53.6 Å². The van der Waals surface area contributed by atoms with Crippen molar-refractivity contribution in [2.45, 2.75) is 25.7 Å². The highest BCUT2D eigenvalue weighted by molar-refractivity contribution is 5.87. The lowest BCUT2D eigenvalue weighted by Crippen LogP contribution is -2.50. The Morgan fingerprint density at radius 2 is 2.15 bits per heavy atom.